The molecule has 2 aromatic rings. The predicted octanol–water partition coefficient (Wildman–Crippen LogP) is 2.06. The molecule has 10 heteroatoms. The Morgan fingerprint density at radius 3 is 2.55 bits per heavy atom. The zero-order chi connectivity index (χ0) is 21.0. The van der Waals surface area contributed by atoms with Crippen LogP contribution in [0.2, 0.25) is 0 Å². The van der Waals surface area contributed by atoms with Gasteiger partial charge in [-0.2, -0.15) is 0 Å². The third kappa shape index (κ3) is 4.71. The maximum Gasteiger partial charge on any atom is 0.329 e. The molecule has 29 heavy (non-hydrogen) atoms. The number of hydrogen-bond acceptors (Lipinski definition) is 4. The molecule has 0 aliphatic carbocycles. The average molecular weight is 406 g/mol. The molecule has 1 atom stereocenters. The first-order chi connectivity index (χ1) is 13.9. The average Bonchev–Trinajstić information content (AvgIpc) is 2.98. The van der Waals surface area contributed by atoms with E-state index in [0.29, 0.717) is 30.0 Å². The van der Waals surface area contributed by atoms with Crippen molar-refractivity contribution in [3.63, 3.8) is 0 Å². The highest BCUT2D eigenvalue weighted by Gasteiger charge is 2.39. The van der Waals surface area contributed by atoms with Crippen LogP contribution in [0.3, 0.4) is 0 Å². The van der Waals surface area contributed by atoms with Gasteiger partial charge in [-0.3, -0.25) is 14.6 Å². The molecule has 2 heterocycles. The van der Waals surface area contributed by atoms with Crippen LogP contribution >= 0.6 is 0 Å². The van der Waals surface area contributed by atoms with Gasteiger partial charge in [-0.15, -0.1) is 0 Å². The summed E-state index contributed by atoms with van der Waals surface area (Å²) in [5, 5.41) is 5.04. The number of aromatic nitrogens is 1. The quantitative estimate of drug-likeness (QED) is 0.544. The number of nitrogens with one attached hydrogen (secondary N) is 2. The minimum Gasteiger partial charge on any atom is -0.356 e. The summed E-state index contributed by atoms with van der Waals surface area (Å²) >= 11 is 0. The molecule has 0 bridgehead atoms. The zero-order valence-electron chi connectivity index (χ0n) is 15.1. The third-order valence-corrected chi connectivity index (χ3v) is 4.34. The highest BCUT2D eigenvalue weighted by molar-refractivity contribution is 6.21. The first-order valence-corrected chi connectivity index (χ1v) is 8.82. The first-order valence-electron chi connectivity index (χ1n) is 8.82. The molecular formula is C19H17F3N4O3. The number of carbonyl (C=O) groups is 3. The summed E-state index contributed by atoms with van der Waals surface area (Å²) < 4.78 is 39.9. The van der Waals surface area contributed by atoms with Crippen LogP contribution in [-0.2, 0) is 16.0 Å². The lowest BCUT2D eigenvalue weighted by Crippen LogP contribution is -2.33. The van der Waals surface area contributed by atoms with Gasteiger partial charge in [0, 0.05) is 43.4 Å². The normalized spacial score (nSPS) is 16.1. The van der Waals surface area contributed by atoms with Crippen molar-refractivity contribution in [3.05, 3.63) is 59.7 Å². The number of pyridine rings is 1. The van der Waals surface area contributed by atoms with E-state index in [-0.39, 0.29) is 18.7 Å². The molecule has 1 aliphatic rings. The van der Waals surface area contributed by atoms with E-state index in [9.17, 15) is 27.6 Å². The molecule has 0 unspecified atom stereocenters. The number of rotatable bonds is 7. The molecule has 1 fully saturated rings. The minimum atomic E-state index is -1.69. The predicted molar refractivity (Wildman–Crippen MR) is 96.3 cm³/mol. The molecule has 7 nitrogen and oxygen atoms in total. The van der Waals surface area contributed by atoms with Gasteiger partial charge in [0.05, 0.1) is 5.69 Å². The fraction of sp³-hybridized carbons (Fsp3) is 0.263. The van der Waals surface area contributed by atoms with Crippen LogP contribution in [0.4, 0.5) is 23.7 Å². The van der Waals surface area contributed by atoms with Gasteiger partial charge in [0.15, 0.2) is 17.5 Å². The summed E-state index contributed by atoms with van der Waals surface area (Å²) in [6.45, 7) is 0.362. The molecule has 2 N–H and O–H groups in total. The van der Waals surface area contributed by atoms with E-state index < -0.39 is 41.1 Å². The van der Waals surface area contributed by atoms with Gasteiger partial charge >= 0.3 is 6.03 Å². The van der Waals surface area contributed by atoms with E-state index in [0.717, 1.165) is 5.69 Å². The van der Waals surface area contributed by atoms with Crippen LogP contribution in [0, 0.1) is 17.5 Å². The Balaban J connectivity index is 1.53. The van der Waals surface area contributed by atoms with Gasteiger partial charge in [0.2, 0.25) is 5.91 Å². The van der Waals surface area contributed by atoms with Crippen molar-refractivity contribution in [3.8, 4) is 0 Å². The number of benzene rings is 1. The van der Waals surface area contributed by atoms with E-state index in [1.165, 1.54) is 0 Å². The summed E-state index contributed by atoms with van der Waals surface area (Å²) in [4.78, 5) is 41.0. The number of amides is 4. The molecule has 1 aromatic carbocycles. The van der Waals surface area contributed by atoms with E-state index in [1.54, 1.807) is 12.3 Å². The molecule has 3 rings (SSSR count). The molecule has 1 saturated heterocycles. The third-order valence-electron chi connectivity index (χ3n) is 4.34. The lowest BCUT2D eigenvalue weighted by molar-refractivity contribution is -0.121. The van der Waals surface area contributed by atoms with Gasteiger partial charge in [0.25, 0.3) is 5.91 Å². The Bertz CT molecular complexity index is 917. The van der Waals surface area contributed by atoms with Crippen LogP contribution in [0.1, 0.15) is 18.5 Å². The zero-order valence-corrected chi connectivity index (χ0v) is 15.1. The lowest BCUT2D eigenvalue weighted by Gasteiger charge is -2.13. The summed E-state index contributed by atoms with van der Waals surface area (Å²) in [5.74, 6) is -5.82. The van der Waals surface area contributed by atoms with Crippen molar-refractivity contribution in [1.82, 2.24) is 15.6 Å². The molecule has 0 saturated carbocycles. The van der Waals surface area contributed by atoms with Crippen molar-refractivity contribution in [2.24, 2.45) is 0 Å². The van der Waals surface area contributed by atoms with Crippen LogP contribution in [0.25, 0.3) is 0 Å². The smallest absolute Gasteiger partial charge is 0.329 e. The molecule has 4 amide bonds. The SMILES string of the molecule is O=C(CC[C@@H]1NC(=O)N(c2cc(F)c(F)c(F)c2)C1=O)NCCc1ccccn1. The number of hydrogen-bond donors (Lipinski definition) is 2. The van der Waals surface area contributed by atoms with Crippen molar-refractivity contribution < 1.29 is 27.6 Å². The van der Waals surface area contributed by atoms with Crippen molar-refractivity contribution in [1.29, 1.82) is 0 Å². The highest BCUT2D eigenvalue weighted by Crippen LogP contribution is 2.25. The summed E-state index contributed by atoms with van der Waals surface area (Å²) in [6.07, 6.45) is 2.15. The van der Waals surface area contributed by atoms with Crippen LogP contribution < -0.4 is 15.5 Å². The summed E-state index contributed by atoms with van der Waals surface area (Å²) in [6, 6.07) is 4.64. The molecule has 0 spiro atoms. The number of carbonyl (C=O) groups excluding carboxylic acids is 3. The van der Waals surface area contributed by atoms with Gasteiger partial charge in [0.1, 0.15) is 6.04 Å². The van der Waals surface area contributed by atoms with Crippen molar-refractivity contribution >= 4 is 23.5 Å². The standard InChI is InChI=1S/C19H17F3N4O3/c20-13-9-12(10-14(21)17(13)22)26-18(28)15(25-19(26)29)4-5-16(27)24-8-6-11-3-1-2-7-23-11/h1-3,7,9-10,15H,4-6,8H2,(H,24,27)(H,25,29)/t15-/m0/s1. The van der Waals surface area contributed by atoms with Gasteiger partial charge < -0.3 is 10.6 Å². The molecule has 152 valence electrons. The number of nitrogens with zero attached hydrogens (tertiary/aromatic N) is 2. The molecular weight excluding hydrogens is 389 g/mol. The highest BCUT2D eigenvalue weighted by atomic mass is 19.2. The van der Waals surface area contributed by atoms with Crippen molar-refractivity contribution in [2.45, 2.75) is 25.3 Å². The second-order valence-corrected chi connectivity index (χ2v) is 6.36. The Morgan fingerprint density at radius 1 is 1.17 bits per heavy atom. The lowest BCUT2D eigenvalue weighted by atomic mass is 10.1. The van der Waals surface area contributed by atoms with Crippen LogP contribution in [-0.4, -0.2) is 35.4 Å². The Morgan fingerprint density at radius 2 is 1.90 bits per heavy atom. The summed E-state index contributed by atoms with van der Waals surface area (Å²) in [5.41, 5.74) is 0.395. The van der Waals surface area contributed by atoms with Crippen molar-refractivity contribution in [2.75, 3.05) is 11.4 Å². The number of urea groups is 1. The summed E-state index contributed by atoms with van der Waals surface area (Å²) in [7, 11) is 0. The number of halogens is 3. The maximum atomic E-state index is 13.4. The second kappa shape index (κ2) is 8.72. The molecule has 0 radical (unpaired) electrons. The van der Waals surface area contributed by atoms with E-state index in [4.69, 9.17) is 0 Å². The van der Waals surface area contributed by atoms with Crippen LogP contribution in [0.5, 0.6) is 0 Å². The minimum absolute atomic E-state index is 0.00263. The Kier molecular flexibility index (Phi) is 6.10. The fourth-order valence-corrected chi connectivity index (χ4v) is 2.88. The monoisotopic (exact) mass is 406 g/mol. The Labute approximate surface area is 163 Å². The Hall–Kier alpha value is -3.43. The topological polar surface area (TPSA) is 91.4 Å². The fourth-order valence-electron chi connectivity index (χ4n) is 2.88. The number of anilines is 1. The van der Waals surface area contributed by atoms with E-state index in [1.807, 2.05) is 12.1 Å². The largest absolute Gasteiger partial charge is 0.356 e. The molecule has 1 aliphatic heterocycles. The van der Waals surface area contributed by atoms with Crippen LogP contribution in [0.15, 0.2) is 36.5 Å². The van der Waals surface area contributed by atoms with E-state index >= 15 is 0 Å². The van der Waals surface area contributed by atoms with Gasteiger partial charge in [-0.1, -0.05) is 6.07 Å². The van der Waals surface area contributed by atoms with E-state index in [2.05, 4.69) is 15.6 Å². The van der Waals surface area contributed by atoms with Gasteiger partial charge in [-0.25, -0.2) is 22.9 Å². The molecule has 1 aromatic heterocycles. The number of imide groups is 1. The van der Waals surface area contributed by atoms with Gasteiger partial charge in [-0.05, 0) is 18.6 Å². The first kappa shape index (κ1) is 20.3. The maximum absolute atomic E-state index is 13.4. The second-order valence-electron chi connectivity index (χ2n) is 6.36.